The third-order valence-electron chi connectivity index (χ3n) is 2.35. The molecule has 0 fully saturated rings. The van der Waals surface area contributed by atoms with Crippen LogP contribution in [0.3, 0.4) is 0 Å². The van der Waals surface area contributed by atoms with Crippen molar-refractivity contribution in [1.29, 1.82) is 0 Å². The Hall–Kier alpha value is -0.0800. The maximum Gasteiger partial charge on any atom is 0.159 e. The smallest absolute Gasteiger partial charge is 0.159 e. The van der Waals surface area contributed by atoms with Crippen molar-refractivity contribution >= 4 is 0 Å². The quantitative estimate of drug-likeness (QED) is 0.644. The lowest BCUT2D eigenvalue weighted by atomic mass is 9.75. The first kappa shape index (κ1) is 11.9. The molecule has 0 aliphatic heterocycles. The van der Waals surface area contributed by atoms with Crippen molar-refractivity contribution in [2.75, 3.05) is 0 Å². The highest BCUT2D eigenvalue weighted by Crippen LogP contribution is 2.33. The predicted octanol–water partition coefficient (Wildman–Crippen LogP) is 2.15. The van der Waals surface area contributed by atoms with Crippen LogP contribution in [-0.4, -0.2) is 16.0 Å². The van der Waals surface area contributed by atoms with Crippen LogP contribution in [0.1, 0.15) is 47.5 Å². The van der Waals surface area contributed by atoms with E-state index in [9.17, 15) is 10.2 Å². The van der Waals surface area contributed by atoms with Crippen LogP contribution in [0, 0.1) is 11.3 Å². The maximum absolute atomic E-state index is 9.24. The summed E-state index contributed by atoms with van der Waals surface area (Å²) in [5.74, 6) is -1.16. The Labute approximate surface area is 75.6 Å². The molecule has 0 aliphatic carbocycles. The van der Waals surface area contributed by atoms with Crippen molar-refractivity contribution in [3.63, 3.8) is 0 Å². The molecule has 0 aromatic rings. The van der Waals surface area contributed by atoms with Crippen LogP contribution < -0.4 is 0 Å². The van der Waals surface area contributed by atoms with Crippen molar-refractivity contribution in [2.45, 2.75) is 53.2 Å². The summed E-state index contributed by atoms with van der Waals surface area (Å²) in [5.41, 5.74) is 0.154. The van der Waals surface area contributed by atoms with Gasteiger partial charge in [-0.15, -0.1) is 0 Å². The average Bonchev–Trinajstić information content (AvgIpc) is 1.78. The van der Waals surface area contributed by atoms with E-state index >= 15 is 0 Å². The van der Waals surface area contributed by atoms with Gasteiger partial charge in [0.2, 0.25) is 0 Å². The summed E-state index contributed by atoms with van der Waals surface area (Å²) in [5, 5.41) is 18.5. The minimum absolute atomic E-state index is 0.154. The van der Waals surface area contributed by atoms with Crippen LogP contribution in [0.4, 0.5) is 0 Å². The summed E-state index contributed by atoms with van der Waals surface area (Å²) in [7, 11) is 0. The lowest BCUT2D eigenvalue weighted by molar-refractivity contribution is -0.164. The Morgan fingerprint density at radius 2 is 1.50 bits per heavy atom. The van der Waals surface area contributed by atoms with Crippen LogP contribution in [0.15, 0.2) is 0 Å². The van der Waals surface area contributed by atoms with Gasteiger partial charge in [0.1, 0.15) is 0 Å². The number of hydrogen-bond acceptors (Lipinski definition) is 2. The van der Waals surface area contributed by atoms with E-state index in [1.807, 2.05) is 0 Å². The van der Waals surface area contributed by atoms with E-state index in [0.717, 1.165) is 6.42 Å². The van der Waals surface area contributed by atoms with Gasteiger partial charge in [-0.2, -0.15) is 0 Å². The number of hydrogen-bond donors (Lipinski definition) is 2. The minimum atomic E-state index is -1.52. The molecule has 0 radical (unpaired) electrons. The lowest BCUT2D eigenvalue weighted by Gasteiger charge is -2.33. The molecule has 0 aromatic carbocycles. The van der Waals surface area contributed by atoms with Gasteiger partial charge in [-0.05, 0) is 18.3 Å². The van der Waals surface area contributed by atoms with Crippen molar-refractivity contribution < 1.29 is 10.2 Å². The fourth-order valence-corrected chi connectivity index (χ4v) is 1.53. The Morgan fingerprint density at radius 3 is 1.58 bits per heavy atom. The fourth-order valence-electron chi connectivity index (χ4n) is 1.53. The monoisotopic (exact) mass is 174 g/mol. The Morgan fingerprint density at radius 1 is 1.08 bits per heavy atom. The van der Waals surface area contributed by atoms with Crippen molar-refractivity contribution in [2.24, 2.45) is 11.3 Å². The van der Waals surface area contributed by atoms with Crippen molar-refractivity contribution in [3.05, 3.63) is 0 Å². The van der Waals surface area contributed by atoms with Crippen LogP contribution in [-0.2, 0) is 0 Å². The fraction of sp³-hybridized carbons (Fsp3) is 1.00. The van der Waals surface area contributed by atoms with Gasteiger partial charge in [-0.25, -0.2) is 0 Å². The topological polar surface area (TPSA) is 40.5 Å². The van der Waals surface area contributed by atoms with Gasteiger partial charge in [-0.1, -0.05) is 34.1 Å². The van der Waals surface area contributed by atoms with Crippen LogP contribution in [0.2, 0.25) is 0 Å². The molecule has 0 amide bonds. The lowest BCUT2D eigenvalue weighted by Crippen LogP contribution is -2.32. The highest BCUT2D eigenvalue weighted by molar-refractivity contribution is 4.76. The van der Waals surface area contributed by atoms with Crippen LogP contribution in [0.5, 0.6) is 0 Å². The third-order valence-corrected chi connectivity index (χ3v) is 2.35. The molecule has 0 saturated heterocycles. The molecular weight excluding hydrogens is 152 g/mol. The zero-order valence-electron chi connectivity index (χ0n) is 8.89. The summed E-state index contributed by atoms with van der Waals surface area (Å²) in [6.07, 6.45) is 1.44. The average molecular weight is 174 g/mol. The van der Waals surface area contributed by atoms with Crippen molar-refractivity contribution in [1.82, 2.24) is 0 Å². The highest BCUT2D eigenvalue weighted by atomic mass is 16.5. The van der Waals surface area contributed by atoms with Gasteiger partial charge in [0.05, 0.1) is 0 Å². The molecule has 0 bridgehead atoms. The summed E-state index contributed by atoms with van der Waals surface area (Å²) in [6.45, 7) is 9.93. The van der Waals surface area contributed by atoms with Crippen LogP contribution >= 0.6 is 0 Å². The maximum atomic E-state index is 9.24. The standard InChI is InChI=1S/C10H22O2/c1-6-8(9(2,3)4)7-10(5,11)12/h8,11-12H,6-7H2,1-5H3/t8-/m0/s1. The minimum Gasteiger partial charge on any atom is -0.366 e. The molecule has 2 heteroatoms. The first-order chi connectivity index (χ1) is 5.17. The molecule has 74 valence electrons. The molecule has 0 spiro atoms. The first-order valence-corrected chi connectivity index (χ1v) is 4.61. The van der Waals surface area contributed by atoms with Gasteiger partial charge >= 0.3 is 0 Å². The molecule has 0 unspecified atom stereocenters. The first-order valence-electron chi connectivity index (χ1n) is 4.61. The second-order valence-corrected chi connectivity index (χ2v) is 4.89. The summed E-state index contributed by atoms with van der Waals surface area (Å²) in [6, 6.07) is 0. The molecule has 0 heterocycles. The van der Waals surface area contributed by atoms with E-state index < -0.39 is 5.79 Å². The molecule has 0 rings (SSSR count). The molecule has 2 nitrogen and oxygen atoms in total. The van der Waals surface area contributed by atoms with E-state index in [2.05, 4.69) is 27.7 Å². The molecule has 12 heavy (non-hydrogen) atoms. The molecule has 0 aromatic heterocycles. The normalized spacial score (nSPS) is 16.2. The molecular formula is C10H22O2. The van der Waals surface area contributed by atoms with Gasteiger partial charge < -0.3 is 10.2 Å². The molecule has 0 saturated carbocycles. The second-order valence-electron chi connectivity index (χ2n) is 4.89. The third kappa shape index (κ3) is 4.73. The molecule has 0 aliphatic rings. The Bertz CT molecular complexity index is 128. The van der Waals surface area contributed by atoms with Crippen molar-refractivity contribution in [3.8, 4) is 0 Å². The van der Waals surface area contributed by atoms with E-state index in [4.69, 9.17) is 0 Å². The summed E-state index contributed by atoms with van der Waals surface area (Å²) < 4.78 is 0. The predicted molar refractivity (Wildman–Crippen MR) is 50.7 cm³/mol. The Balaban J connectivity index is 4.20. The second kappa shape index (κ2) is 3.75. The number of rotatable bonds is 3. The summed E-state index contributed by atoms with van der Waals surface area (Å²) >= 11 is 0. The van der Waals surface area contributed by atoms with E-state index in [-0.39, 0.29) is 5.41 Å². The van der Waals surface area contributed by atoms with Gasteiger partial charge in [0.25, 0.3) is 0 Å². The zero-order chi connectivity index (χ0) is 9.99. The van der Waals surface area contributed by atoms with Gasteiger partial charge in [0.15, 0.2) is 5.79 Å². The Kier molecular flexibility index (Phi) is 3.73. The van der Waals surface area contributed by atoms with E-state index in [0.29, 0.717) is 12.3 Å². The van der Waals surface area contributed by atoms with E-state index in [1.54, 1.807) is 0 Å². The van der Waals surface area contributed by atoms with Gasteiger partial charge in [0, 0.05) is 6.42 Å². The SMILES string of the molecule is CC[C@@H](CC(C)(O)O)C(C)(C)C. The number of aliphatic hydroxyl groups is 2. The molecule has 1 atom stereocenters. The molecule has 2 N–H and O–H groups in total. The van der Waals surface area contributed by atoms with E-state index in [1.165, 1.54) is 6.92 Å². The van der Waals surface area contributed by atoms with Crippen LogP contribution in [0.25, 0.3) is 0 Å². The summed E-state index contributed by atoms with van der Waals surface area (Å²) in [4.78, 5) is 0. The van der Waals surface area contributed by atoms with Gasteiger partial charge in [-0.3, -0.25) is 0 Å². The zero-order valence-corrected chi connectivity index (χ0v) is 8.89. The largest absolute Gasteiger partial charge is 0.366 e. The highest BCUT2D eigenvalue weighted by Gasteiger charge is 2.29.